The molecule has 0 aromatic heterocycles. The van der Waals surface area contributed by atoms with E-state index in [2.05, 4.69) is 24.9 Å². The van der Waals surface area contributed by atoms with E-state index in [9.17, 15) is 0 Å². The molecule has 1 fully saturated rings. The Labute approximate surface area is 57.4 Å². The summed E-state index contributed by atoms with van der Waals surface area (Å²) in [6.07, 6.45) is 6.25. The first kappa shape index (κ1) is 6.66. The van der Waals surface area contributed by atoms with Gasteiger partial charge in [0.15, 0.2) is 0 Å². The van der Waals surface area contributed by atoms with Crippen LogP contribution in [0.3, 0.4) is 0 Å². The molecule has 0 aliphatic carbocycles. The van der Waals surface area contributed by atoms with Gasteiger partial charge in [-0.3, -0.25) is 0 Å². The second-order valence-electron chi connectivity index (χ2n) is 2.66. The lowest BCUT2D eigenvalue weighted by molar-refractivity contribution is 0.344. The minimum atomic E-state index is 1.25. The van der Waals surface area contributed by atoms with E-state index >= 15 is 0 Å². The van der Waals surface area contributed by atoms with Crippen molar-refractivity contribution in [3.63, 3.8) is 0 Å². The van der Waals surface area contributed by atoms with Crippen molar-refractivity contribution >= 4 is 0 Å². The normalized spacial score (nSPS) is 25.1. The van der Waals surface area contributed by atoms with Gasteiger partial charge in [0.2, 0.25) is 0 Å². The number of likely N-dealkylation sites (tertiary alicyclic amines) is 1. The number of allylic oxidation sites excluding steroid dienone is 2. The highest BCUT2D eigenvalue weighted by molar-refractivity contribution is 5.00. The minimum absolute atomic E-state index is 1.25. The lowest BCUT2D eigenvalue weighted by Gasteiger charge is -2.27. The Hall–Kier alpha value is -0.460. The van der Waals surface area contributed by atoms with E-state index < -0.39 is 0 Å². The summed E-state index contributed by atoms with van der Waals surface area (Å²) in [5, 5.41) is 0. The molecule has 0 amide bonds. The Morgan fingerprint density at radius 3 is 2.67 bits per heavy atom. The van der Waals surface area contributed by atoms with Gasteiger partial charge >= 0.3 is 0 Å². The van der Waals surface area contributed by atoms with Gasteiger partial charge in [-0.05, 0) is 26.2 Å². The Bertz CT molecular complexity index is 116. The molecule has 9 heavy (non-hydrogen) atoms. The summed E-state index contributed by atoms with van der Waals surface area (Å²) in [6.45, 7) is 3.37. The highest BCUT2D eigenvalue weighted by atomic mass is 15.1. The molecule has 0 radical (unpaired) electrons. The fourth-order valence-electron chi connectivity index (χ4n) is 1.35. The van der Waals surface area contributed by atoms with Crippen molar-refractivity contribution in [3.8, 4) is 0 Å². The maximum atomic E-state index is 2.35. The first-order chi connectivity index (χ1) is 4.34. The van der Waals surface area contributed by atoms with Crippen LogP contribution < -0.4 is 0 Å². The lowest BCUT2D eigenvalue weighted by Crippen LogP contribution is -2.22. The number of hydrogen-bond acceptors (Lipinski definition) is 1. The Kier molecular flexibility index (Phi) is 2.15. The largest absolute Gasteiger partial charge is 0.378 e. The van der Waals surface area contributed by atoms with Gasteiger partial charge in [-0.1, -0.05) is 6.08 Å². The zero-order chi connectivity index (χ0) is 6.69. The predicted molar refractivity (Wildman–Crippen MR) is 40.2 cm³/mol. The molecule has 0 bridgehead atoms. The second-order valence-corrected chi connectivity index (χ2v) is 2.66. The topological polar surface area (TPSA) is 3.24 Å². The van der Waals surface area contributed by atoms with Crippen LogP contribution in [0.15, 0.2) is 11.8 Å². The van der Waals surface area contributed by atoms with Crippen molar-refractivity contribution in [3.05, 3.63) is 11.8 Å². The highest BCUT2D eigenvalue weighted by Gasteiger charge is 2.07. The molecule has 0 unspecified atom stereocenters. The van der Waals surface area contributed by atoms with Crippen LogP contribution in [0, 0.1) is 0 Å². The molecule has 1 heteroatoms. The monoisotopic (exact) mass is 125 g/mol. The zero-order valence-electron chi connectivity index (χ0n) is 6.35. The highest BCUT2D eigenvalue weighted by Crippen LogP contribution is 2.17. The van der Waals surface area contributed by atoms with Gasteiger partial charge in [0.25, 0.3) is 0 Å². The van der Waals surface area contributed by atoms with Crippen LogP contribution in [0.4, 0.5) is 0 Å². The molecule has 0 aromatic carbocycles. The summed E-state index contributed by atoms with van der Waals surface area (Å²) in [5.41, 5.74) is 1.52. The van der Waals surface area contributed by atoms with E-state index in [4.69, 9.17) is 0 Å². The molecule has 0 aromatic rings. The average molecular weight is 125 g/mol. The quantitative estimate of drug-likeness (QED) is 0.478. The van der Waals surface area contributed by atoms with Crippen LogP contribution in [-0.2, 0) is 0 Å². The molecule has 0 spiro atoms. The first-order valence-corrected chi connectivity index (χ1v) is 3.71. The average Bonchev–Trinajstić information content (AvgIpc) is 1.89. The van der Waals surface area contributed by atoms with Crippen LogP contribution in [0.2, 0.25) is 0 Å². The third-order valence-electron chi connectivity index (χ3n) is 2.00. The second kappa shape index (κ2) is 2.90. The molecule has 1 heterocycles. The van der Waals surface area contributed by atoms with Gasteiger partial charge in [0.05, 0.1) is 0 Å². The molecule has 1 rings (SSSR count). The van der Waals surface area contributed by atoms with Gasteiger partial charge in [-0.15, -0.1) is 0 Å². The third kappa shape index (κ3) is 1.47. The summed E-state index contributed by atoms with van der Waals surface area (Å²) >= 11 is 0. The van der Waals surface area contributed by atoms with E-state index in [-0.39, 0.29) is 0 Å². The summed E-state index contributed by atoms with van der Waals surface area (Å²) < 4.78 is 0. The van der Waals surface area contributed by atoms with Gasteiger partial charge in [-0.2, -0.15) is 0 Å². The first-order valence-electron chi connectivity index (χ1n) is 3.71. The number of nitrogens with zero attached hydrogens (tertiary/aromatic N) is 1. The smallest absolute Gasteiger partial charge is 0.0171 e. The van der Waals surface area contributed by atoms with Crippen LogP contribution in [0.5, 0.6) is 0 Å². The number of hydrogen-bond donors (Lipinski definition) is 0. The van der Waals surface area contributed by atoms with Gasteiger partial charge in [0, 0.05) is 19.3 Å². The van der Waals surface area contributed by atoms with Crippen molar-refractivity contribution in [2.75, 3.05) is 13.6 Å². The van der Waals surface area contributed by atoms with E-state index in [0.29, 0.717) is 0 Å². The number of rotatable bonds is 0. The minimum Gasteiger partial charge on any atom is -0.378 e. The number of piperidine rings is 1. The zero-order valence-corrected chi connectivity index (χ0v) is 6.35. The maximum Gasteiger partial charge on any atom is 0.0171 e. The molecular weight excluding hydrogens is 110 g/mol. The van der Waals surface area contributed by atoms with Crippen molar-refractivity contribution in [1.29, 1.82) is 0 Å². The molecule has 0 saturated carbocycles. The van der Waals surface area contributed by atoms with Crippen LogP contribution in [-0.4, -0.2) is 18.5 Å². The molecule has 1 saturated heterocycles. The maximum absolute atomic E-state index is 2.35. The van der Waals surface area contributed by atoms with Gasteiger partial charge in [0.1, 0.15) is 0 Å². The Morgan fingerprint density at radius 1 is 1.44 bits per heavy atom. The molecular formula is C8H15N. The van der Waals surface area contributed by atoms with Crippen LogP contribution >= 0.6 is 0 Å². The summed E-state index contributed by atoms with van der Waals surface area (Å²) in [7, 11) is 2.18. The Balaban J connectivity index is 2.49. The van der Waals surface area contributed by atoms with Crippen molar-refractivity contribution in [1.82, 2.24) is 4.90 Å². The van der Waals surface area contributed by atoms with Gasteiger partial charge in [-0.25, -0.2) is 0 Å². The van der Waals surface area contributed by atoms with E-state index in [1.165, 1.54) is 31.5 Å². The third-order valence-corrected chi connectivity index (χ3v) is 2.00. The lowest BCUT2D eigenvalue weighted by atomic mass is 10.1. The fourth-order valence-corrected chi connectivity index (χ4v) is 1.35. The van der Waals surface area contributed by atoms with E-state index in [1.54, 1.807) is 0 Å². The van der Waals surface area contributed by atoms with Gasteiger partial charge < -0.3 is 4.90 Å². The van der Waals surface area contributed by atoms with Crippen molar-refractivity contribution < 1.29 is 0 Å². The molecule has 52 valence electrons. The summed E-state index contributed by atoms with van der Waals surface area (Å²) in [4.78, 5) is 2.35. The molecule has 1 aliphatic rings. The SMILES string of the molecule is C/C=C1/CCCCN1C. The standard InChI is InChI=1S/C8H15N/c1-3-8-6-4-5-7-9(8)2/h3H,4-7H2,1-2H3/b8-3-. The van der Waals surface area contributed by atoms with E-state index in [1.807, 2.05) is 0 Å². The fraction of sp³-hybridized carbons (Fsp3) is 0.750. The van der Waals surface area contributed by atoms with Crippen LogP contribution in [0.25, 0.3) is 0 Å². The van der Waals surface area contributed by atoms with Crippen molar-refractivity contribution in [2.45, 2.75) is 26.2 Å². The van der Waals surface area contributed by atoms with Crippen LogP contribution in [0.1, 0.15) is 26.2 Å². The van der Waals surface area contributed by atoms with E-state index in [0.717, 1.165) is 0 Å². The molecule has 0 N–H and O–H groups in total. The Morgan fingerprint density at radius 2 is 2.22 bits per heavy atom. The molecule has 1 nitrogen and oxygen atoms in total. The van der Waals surface area contributed by atoms with Crippen molar-refractivity contribution in [2.24, 2.45) is 0 Å². The summed E-state index contributed by atoms with van der Waals surface area (Å²) in [5.74, 6) is 0. The molecule has 0 atom stereocenters. The summed E-state index contributed by atoms with van der Waals surface area (Å²) in [6, 6.07) is 0. The molecule has 1 aliphatic heterocycles. The predicted octanol–water partition coefficient (Wildman–Crippen LogP) is 2.01.